The molecule has 1 saturated carbocycles. The van der Waals surface area contributed by atoms with Crippen LogP contribution in [0, 0.1) is 5.92 Å². The standard InChI is InChI=1S/C15H19N3O2/c16-9-11-5-4-8-13(11)15-17-14(18-20-15)10-19-12-6-2-1-3-7-12/h1-3,6-7,11,13H,4-5,8-10,16H2. The van der Waals surface area contributed by atoms with Crippen LogP contribution in [0.15, 0.2) is 34.9 Å². The molecule has 1 aliphatic rings. The van der Waals surface area contributed by atoms with Gasteiger partial charge in [0.25, 0.3) is 0 Å². The van der Waals surface area contributed by atoms with E-state index in [9.17, 15) is 0 Å². The summed E-state index contributed by atoms with van der Waals surface area (Å²) in [5.41, 5.74) is 5.79. The molecular weight excluding hydrogens is 254 g/mol. The molecule has 1 aromatic carbocycles. The lowest BCUT2D eigenvalue weighted by molar-refractivity contribution is 0.281. The predicted molar refractivity (Wildman–Crippen MR) is 74.2 cm³/mol. The van der Waals surface area contributed by atoms with Crippen LogP contribution < -0.4 is 10.5 Å². The highest BCUT2D eigenvalue weighted by Gasteiger charge is 2.31. The van der Waals surface area contributed by atoms with E-state index in [1.54, 1.807) is 0 Å². The number of nitrogens with zero attached hydrogens (tertiary/aromatic N) is 2. The molecule has 106 valence electrons. The van der Waals surface area contributed by atoms with Crippen LogP contribution in [-0.4, -0.2) is 16.7 Å². The Kier molecular flexibility index (Phi) is 3.97. The van der Waals surface area contributed by atoms with Gasteiger partial charge in [0.1, 0.15) is 5.75 Å². The molecule has 0 bridgehead atoms. The van der Waals surface area contributed by atoms with Crippen LogP contribution in [0.2, 0.25) is 0 Å². The molecule has 0 radical (unpaired) electrons. The lowest BCUT2D eigenvalue weighted by Crippen LogP contribution is -2.17. The van der Waals surface area contributed by atoms with Crippen LogP contribution in [-0.2, 0) is 6.61 Å². The molecule has 2 unspecified atom stereocenters. The average molecular weight is 273 g/mol. The third kappa shape index (κ3) is 2.82. The lowest BCUT2D eigenvalue weighted by atomic mass is 9.96. The van der Waals surface area contributed by atoms with Gasteiger partial charge in [0.15, 0.2) is 6.61 Å². The Morgan fingerprint density at radius 2 is 2.10 bits per heavy atom. The van der Waals surface area contributed by atoms with E-state index in [1.165, 1.54) is 6.42 Å². The number of para-hydroxylation sites is 1. The SMILES string of the molecule is NCC1CCCC1c1nc(COc2ccccc2)no1. The normalized spacial score (nSPS) is 22.1. The van der Waals surface area contributed by atoms with E-state index in [2.05, 4.69) is 10.1 Å². The molecule has 0 spiro atoms. The zero-order valence-corrected chi connectivity index (χ0v) is 11.4. The van der Waals surface area contributed by atoms with Crippen molar-refractivity contribution in [1.82, 2.24) is 10.1 Å². The number of benzene rings is 1. The maximum Gasteiger partial charge on any atom is 0.230 e. The highest BCUT2D eigenvalue weighted by Crippen LogP contribution is 2.38. The predicted octanol–water partition coefficient (Wildman–Crippen LogP) is 2.49. The minimum Gasteiger partial charge on any atom is -0.485 e. The van der Waals surface area contributed by atoms with E-state index in [0.29, 0.717) is 36.7 Å². The van der Waals surface area contributed by atoms with Gasteiger partial charge in [0, 0.05) is 5.92 Å². The average Bonchev–Trinajstić information content (AvgIpc) is 3.14. The first-order valence-electron chi connectivity index (χ1n) is 7.07. The fourth-order valence-corrected chi connectivity index (χ4v) is 2.79. The quantitative estimate of drug-likeness (QED) is 0.906. The van der Waals surface area contributed by atoms with Crippen LogP contribution in [0.3, 0.4) is 0 Å². The molecule has 1 fully saturated rings. The number of hydrogen-bond acceptors (Lipinski definition) is 5. The second-order valence-electron chi connectivity index (χ2n) is 5.18. The van der Waals surface area contributed by atoms with E-state index in [0.717, 1.165) is 18.6 Å². The van der Waals surface area contributed by atoms with Crippen molar-refractivity contribution in [2.24, 2.45) is 11.7 Å². The summed E-state index contributed by atoms with van der Waals surface area (Å²) in [4.78, 5) is 4.45. The second kappa shape index (κ2) is 6.05. The van der Waals surface area contributed by atoms with E-state index >= 15 is 0 Å². The summed E-state index contributed by atoms with van der Waals surface area (Å²) in [6, 6.07) is 9.62. The Labute approximate surface area is 118 Å². The van der Waals surface area contributed by atoms with E-state index in [4.69, 9.17) is 15.0 Å². The van der Waals surface area contributed by atoms with Gasteiger partial charge in [-0.25, -0.2) is 0 Å². The minimum absolute atomic E-state index is 0.318. The first-order valence-corrected chi connectivity index (χ1v) is 7.07. The van der Waals surface area contributed by atoms with Crippen molar-refractivity contribution >= 4 is 0 Å². The van der Waals surface area contributed by atoms with Crippen molar-refractivity contribution < 1.29 is 9.26 Å². The maximum atomic E-state index is 5.79. The van der Waals surface area contributed by atoms with Gasteiger partial charge in [-0.2, -0.15) is 4.98 Å². The third-order valence-corrected chi connectivity index (χ3v) is 3.87. The number of aromatic nitrogens is 2. The molecular formula is C15H19N3O2. The largest absolute Gasteiger partial charge is 0.485 e. The Morgan fingerprint density at radius 3 is 2.90 bits per heavy atom. The first kappa shape index (κ1) is 13.1. The zero-order valence-electron chi connectivity index (χ0n) is 11.4. The fourth-order valence-electron chi connectivity index (χ4n) is 2.79. The van der Waals surface area contributed by atoms with Crippen molar-refractivity contribution in [3.63, 3.8) is 0 Å². The lowest BCUT2D eigenvalue weighted by Gasteiger charge is -2.12. The number of hydrogen-bond donors (Lipinski definition) is 1. The Morgan fingerprint density at radius 1 is 1.25 bits per heavy atom. The van der Waals surface area contributed by atoms with Crippen LogP contribution >= 0.6 is 0 Å². The molecule has 0 saturated heterocycles. The van der Waals surface area contributed by atoms with Crippen molar-refractivity contribution in [2.75, 3.05) is 6.54 Å². The summed E-state index contributed by atoms with van der Waals surface area (Å²) in [7, 11) is 0. The summed E-state index contributed by atoms with van der Waals surface area (Å²) in [5, 5.41) is 3.99. The van der Waals surface area contributed by atoms with Crippen LogP contribution in [0.5, 0.6) is 5.75 Å². The minimum atomic E-state index is 0.318. The Hall–Kier alpha value is -1.88. The Balaban J connectivity index is 1.62. The smallest absolute Gasteiger partial charge is 0.230 e. The molecule has 1 aliphatic carbocycles. The second-order valence-corrected chi connectivity index (χ2v) is 5.18. The highest BCUT2D eigenvalue weighted by molar-refractivity contribution is 5.21. The monoisotopic (exact) mass is 273 g/mol. The zero-order chi connectivity index (χ0) is 13.8. The Bertz CT molecular complexity index is 541. The van der Waals surface area contributed by atoms with Gasteiger partial charge in [-0.05, 0) is 37.4 Å². The topological polar surface area (TPSA) is 74.2 Å². The molecule has 1 heterocycles. The molecule has 5 heteroatoms. The summed E-state index contributed by atoms with van der Waals surface area (Å²) in [5.74, 6) is 2.90. The molecule has 5 nitrogen and oxygen atoms in total. The first-order chi connectivity index (χ1) is 9.86. The van der Waals surface area contributed by atoms with Gasteiger partial charge >= 0.3 is 0 Å². The number of ether oxygens (including phenoxy) is 1. The van der Waals surface area contributed by atoms with Crippen molar-refractivity contribution in [1.29, 1.82) is 0 Å². The molecule has 2 N–H and O–H groups in total. The van der Waals surface area contributed by atoms with Gasteiger partial charge < -0.3 is 15.0 Å². The molecule has 0 amide bonds. The summed E-state index contributed by atoms with van der Waals surface area (Å²) < 4.78 is 11.0. The highest BCUT2D eigenvalue weighted by atomic mass is 16.5. The number of rotatable bonds is 5. The summed E-state index contributed by atoms with van der Waals surface area (Å²) in [6.45, 7) is 1.01. The number of nitrogens with two attached hydrogens (primary N) is 1. The molecule has 2 atom stereocenters. The fraction of sp³-hybridized carbons (Fsp3) is 0.467. The van der Waals surface area contributed by atoms with Gasteiger partial charge in [0.05, 0.1) is 0 Å². The van der Waals surface area contributed by atoms with E-state index < -0.39 is 0 Å². The van der Waals surface area contributed by atoms with Crippen LogP contribution in [0.25, 0.3) is 0 Å². The van der Waals surface area contributed by atoms with E-state index in [1.807, 2.05) is 30.3 Å². The van der Waals surface area contributed by atoms with Crippen molar-refractivity contribution in [3.8, 4) is 5.75 Å². The molecule has 1 aromatic heterocycles. The maximum absolute atomic E-state index is 5.79. The summed E-state index contributed by atoms with van der Waals surface area (Å²) in [6.07, 6.45) is 3.42. The van der Waals surface area contributed by atoms with E-state index in [-0.39, 0.29) is 0 Å². The van der Waals surface area contributed by atoms with Crippen molar-refractivity contribution in [3.05, 3.63) is 42.0 Å². The van der Waals surface area contributed by atoms with Crippen LogP contribution in [0.4, 0.5) is 0 Å². The third-order valence-electron chi connectivity index (χ3n) is 3.87. The molecule has 0 aliphatic heterocycles. The van der Waals surface area contributed by atoms with Gasteiger partial charge in [-0.1, -0.05) is 29.8 Å². The van der Waals surface area contributed by atoms with Gasteiger partial charge in [-0.15, -0.1) is 0 Å². The van der Waals surface area contributed by atoms with Gasteiger partial charge in [-0.3, -0.25) is 0 Å². The molecule has 2 aromatic rings. The molecule has 20 heavy (non-hydrogen) atoms. The molecule has 3 rings (SSSR count). The van der Waals surface area contributed by atoms with Crippen LogP contribution in [0.1, 0.15) is 36.9 Å². The summed E-state index contributed by atoms with van der Waals surface area (Å²) >= 11 is 0. The van der Waals surface area contributed by atoms with Gasteiger partial charge in [0.2, 0.25) is 11.7 Å². The van der Waals surface area contributed by atoms with Crippen molar-refractivity contribution in [2.45, 2.75) is 31.8 Å².